The molecular formula is C84H52BN3S. The van der Waals surface area contributed by atoms with Crippen LogP contribution in [0, 0.1) is 0 Å². The summed E-state index contributed by atoms with van der Waals surface area (Å²) < 4.78 is 7.77. The molecular weight excluding hydrogens is 1090 g/mol. The second-order valence-corrected chi connectivity index (χ2v) is 24.9. The number of para-hydroxylation sites is 3. The van der Waals surface area contributed by atoms with E-state index in [1.807, 2.05) is 11.3 Å². The van der Waals surface area contributed by atoms with Crippen LogP contribution in [0.4, 0.5) is 17.1 Å². The molecule has 2 aliphatic heterocycles. The van der Waals surface area contributed by atoms with Crippen molar-refractivity contribution in [2.75, 3.05) is 4.90 Å². The lowest BCUT2D eigenvalue weighted by molar-refractivity contribution is 1.17. The first-order valence-electron chi connectivity index (χ1n) is 30.8. The maximum atomic E-state index is 2.70. The van der Waals surface area contributed by atoms with Gasteiger partial charge in [-0.15, -0.1) is 11.3 Å². The number of hydrogen-bond donors (Lipinski definition) is 0. The van der Waals surface area contributed by atoms with Crippen LogP contribution in [0.2, 0.25) is 0 Å². The summed E-state index contributed by atoms with van der Waals surface area (Å²) >= 11 is 1.91. The van der Waals surface area contributed by atoms with E-state index in [1.54, 1.807) is 0 Å². The van der Waals surface area contributed by atoms with E-state index in [4.69, 9.17) is 0 Å². The zero-order valence-electron chi connectivity index (χ0n) is 48.3. The number of nitrogens with zero attached hydrogens (tertiary/aromatic N) is 3. The Morgan fingerprint density at radius 2 is 0.775 bits per heavy atom. The van der Waals surface area contributed by atoms with Crippen LogP contribution in [-0.2, 0) is 0 Å². The first-order valence-corrected chi connectivity index (χ1v) is 31.6. The topological polar surface area (TPSA) is 13.1 Å². The SMILES string of the molecule is c1ccc(-c2ccc(-c3cccc(-c4ccc(-c5ccccc5)cc4)c3N3c4cc5c(cc4B4c6c3cc(-c3ccccc3)cc6-n3c6ccccc6c6c7c8cc(-c9ccccc9)ccc8n(-c8ccccc8)c7cc4c63)sc3ccccc35)cc2)cc1. The molecule has 0 saturated heterocycles. The first-order chi connectivity index (χ1) is 44.2. The van der Waals surface area contributed by atoms with Gasteiger partial charge in [-0.25, -0.2) is 0 Å². The molecule has 0 fully saturated rings. The molecule has 0 aliphatic carbocycles. The molecule has 0 saturated carbocycles. The lowest BCUT2D eigenvalue weighted by atomic mass is 9.33. The van der Waals surface area contributed by atoms with Crippen molar-refractivity contribution in [3.8, 4) is 78.1 Å². The van der Waals surface area contributed by atoms with Crippen molar-refractivity contribution in [2.45, 2.75) is 0 Å². The van der Waals surface area contributed by atoms with Gasteiger partial charge in [0.15, 0.2) is 0 Å². The molecule has 0 radical (unpaired) electrons. The monoisotopic (exact) mass is 1150 g/mol. The van der Waals surface area contributed by atoms with Crippen molar-refractivity contribution in [3.63, 3.8) is 0 Å². The van der Waals surface area contributed by atoms with E-state index in [0.717, 1.165) is 39.2 Å². The fourth-order valence-electron chi connectivity index (χ4n) is 15.2. The molecule has 0 N–H and O–H groups in total. The van der Waals surface area contributed by atoms with Crippen LogP contribution in [0.5, 0.6) is 0 Å². The lowest BCUT2D eigenvalue weighted by Crippen LogP contribution is -2.60. The van der Waals surface area contributed by atoms with Gasteiger partial charge in [-0.2, -0.15) is 0 Å². The van der Waals surface area contributed by atoms with E-state index in [0.29, 0.717) is 0 Å². The quantitative estimate of drug-likeness (QED) is 0.138. The van der Waals surface area contributed by atoms with Crippen LogP contribution in [0.1, 0.15) is 0 Å². The summed E-state index contributed by atoms with van der Waals surface area (Å²) in [5.74, 6) is 0. The third-order valence-electron chi connectivity index (χ3n) is 19.1. The zero-order chi connectivity index (χ0) is 58.3. The number of thiophene rings is 1. The Balaban J connectivity index is 0.973. The van der Waals surface area contributed by atoms with Crippen LogP contribution >= 0.6 is 11.3 Å². The Bertz CT molecular complexity index is 5590. The van der Waals surface area contributed by atoms with E-state index in [1.165, 1.54) is 136 Å². The van der Waals surface area contributed by atoms with E-state index in [-0.39, 0.29) is 6.71 Å². The molecule has 5 heterocycles. The minimum Gasteiger partial charge on any atom is -0.310 e. The minimum atomic E-state index is -0.164. The van der Waals surface area contributed by atoms with E-state index < -0.39 is 0 Å². The van der Waals surface area contributed by atoms with Gasteiger partial charge in [-0.3, -0.25) is 0 Å². The van der Waals surface area contributed by atoms with Crippen molar-refractivity contribution >= 4 is 115 Å². The third-order valence-corrected chi connectivity index (χ3v) is 20.2. The van der Waals surface area contributed by atoms with Gasteiger partial charge in [0.25, 0.3) is 6.71 Å². The van der Waals surface area contributed by atoms with Crippen LogP contribution < -0.4 is 21.3 Å². The van der Waals surface area contributed by atoms with Crippen molar-refractivity contribution < 1.29 is 0 Å². The van der Waals surface area contributed by atoms with Crippen molar-refractivity contribution in [2.24, 2.45) is 0 Å². The molecule has 14 aromatic carbocycles. The van der Waals surface area contributed by atoms with Gasteiger partial charge in [0.2, 0.25) is 0 Å². The Hall–Kier alpha value is -11.2. The maximum absolute atomic E-state index is 2.70. The first kappa shape index (κ1) is 50.0. The molecule has 3 aromatic heterocycles. The van der Waals surface area contributed by atoms with Gasteiger partial charge in [-0.1, -0.05) is 249 Å². The van der Waals surface area contributed by atoms with E-state index in [9.17, 15) is 0 Å². The third kappa shape index (κ3) is 7.59. The highest BCUT2D eigenvalue weighted by molar-refractivity contribution is 7.26. The summed E-state index contributed by atoms with van der Waals surface area (Å²) in [4.78, 5) is 2.70. The molecule has 0 bridgehead atoms. The van der Waals surface area contributed by atoms with Crippen molar-refractivity contribution in [1.29, 1.82) is 0 Å². The Labute approximate surface area is 519 Å². The highest BCUT2D eigenvalue weighted by atomic mass is 32.1. The number of fused-ring (bicyclic) bond motifs is 14. The zero-order valence-corrected chi connectivity index (χ0v) is 49.2. The van der Waals surface area contributed by atoms with Crippen molar-refractivity contribution in [1.82, 2.24) is 9.13 Å². The average Bonchev–Trinajstić information content (AvgIpc) is 1.60. The van der Waals surface area contributed by atoms with Crippen molar-refractivity contribution in [3.05, 3.63) is 315 Å². The molecule has 0 unspecified atom stereocenters. The summed E-state index contributed by atoms with van der Waals surface area (Å²) in [5, 5.41) is 7.57. The molecule has 0 amide bonds. The molecule has 89 heavy (non-hydrogen) atoms. The second kappa shape index (κ2) is 19.6. The molecule has 0 spiro atoms. The maximum Gasteiger partial charge on any atom is 0.252 e. The standard InChI is InChI=1S/C84H52BN3S/c1-6-21-53(22-7-1)57-37-41-59(42-38-57)64-33-20-34-65(60-43-39-58(40-44-60)54-23-8-2-9-24-54)83(64)88-74-50-68-66-31-17-19-36-78(66)89-79(68)52-70(74)85-71-51-75-80(69-47-61(55-25-10-3-11-26-55)45-46-73(69)86(75)63-29-14-5-15-30-63)81-67-32-16-18-35-72(67)87(84(71)81)76-48-62(49-77(88)82(76)85)56-27-12-4-13-28-56/h1-52H. The number of rotatable bonds is 8. The predicted molar refractivity (Wildman–Crippen MR) is 380 cm³/mol. The van der Waals surface area contributed by atoms with Crippen LogP contribution in [0.15, 0.2) is 315 Å². The molecule has 0 atom stereocenters. The van der Waals surface area contributed by atoms with Crippen LogP contribution in [0.25, 0.3) is 142 Å². The largest absolute Gasteiger partial charge is 0.310 e. The summed E-state index contributed by atoms with van der Waals surface area (Å²) in [6.45, 7) is -0.164. The second-order valence-electron chi connectivity index (χ2n) is 23.9. The van der Waals surface area contributed by atoms with Gasteiger partial charge >= 0.3 is 0 Å². The molecule has 412 valence electrons. The fraction of sp³-hybridized carbons (Fsp3) is 0. The van der Waals surface area contributed by atoms with Gasteiger partial charge in [0.05, 0.1) is 27.8 Å². The fourth-order valence-corrected chi connectivity index (χ4v) is 16.3. The predicted octanol–water partition coefficient (Wildman–Crippen LogP) is 20.9. The molecule has 19 rings (SSSR count). The Morgan fingerprint density at radius 3 is 1.42 bits per heavy atom. The van der Waals surface area contributed by atoms with Crippen LogP contribution in [0.3, 0.4) is 0 Å². The highest BCUT2D eigenvalue weighted by Crippen LogP contribution is 2.53. The Morgan fingerprint density at radius 1 is 0.270 bits per heavy atom. The Kier molecular flexibility index (Phi) is 11.0. The lowest BCUT2D eigenvalue weighted by Gasteiger charge is -2.42. The van der Waals surface area contributed by atoms with E-state index >= 15 is 0 Å². The summed E-state index contributed by atoms with van der Waals surface area (Å²) in [7, 11) is 0. The molecule has 5 heteroatoms. The van der Waals surface area contributed by atoms with Gasteiger partial charge in [0.1, 0.15) is 0 Å². The number of anilines is 3. The van der Waals surface area contributed by atoms with Gasteiger partial charge in [-0.05, 0) is 139 Å². The summed E-state index contributed by atoms with van der Waals surface area (Å²) in [5.41, 5.74) is 28.7. The summed E-state index contributed by atoms with van der Waals surface area (Å²) in [6, 6.07) is 118. The number of hydrogen-bond acceptors (Lipinski definition) is 2. The number of aromatic nitrogens is 2. The molecule has 3 nitrogen and oxygen atoms in total. The van der Waals surface area contributed by atoms with Gasteiger partial charge < -0.3 is 14.0 Å². The molecule has 2 aliphatic rings. The number of benzene rings is 14. The van der Waals surface area contributed by atoms with Crippen LogP contribution in [-0.4, -0.2) is 15.8 Å². The highest BCUT2D eigenvalue weighted by Gasteiger charge is 2.45. The minimum absolute atomic E-state index is 0.164. The smallest absolute Gasteiger partial charge is 0.252 e. The van der Waals surface area contributed by atoms with E-state index in [2.05, 4.69) is 329 Å². The summed E-state index contributed by atoms with van der Waals surface area (Å²) in [6.07, 6.45) is 0. The average molecular weight is 1150 g/mol. The van der Waals surface area contributed by atoms with Gasteiger partial charge in [0, 0.05) is 75.6 Å². The normalized spacial score (nSPS) is 12.4. The molecule has 17 aromatic rings.